The largest absolute Gasteiger partial charge is 0.491 e. The summed E-state index contributed by atoms with van der Waals surface area (Å²) in [5, 5.41) is 2.50. The zero-order valence-corrected chi connectivity index (χ0v) is 28.8. The van der Waals surface area contributed by atoms with Crippen molar-refractivity contribution < 1.29 is 14.2 Å². The average molecular weight is 601 g/mol. The van der Waals surface area contributed by atoms with Gasteiger partial charge in [-0.3, -0.25) is 0 Å². The van der Waals surface area contributed by atoms with Gasteiger partial charge in [-0.2, -0.15) is 0 Å². The zero-order chi connectivity index (χ0) is 31.5. The maximum atomic E-state index is 6.57. The second kappa shape index (κ2) is 17.2. The van der Waals surface area contributed by atoms with E-state index in [4.69, 9.17) is 14.2 Å². The lowest BCUT2D eigenvalue weighted by atomic mass is 9.81. The van der Waals surface area contributed by atoms with Crippen molar-refractivity contribution in [1.82, 2.24) is 0 Å². The van der Waals surface area contributed by atoms with Gasteiger partial charge < -0.3 is 14.2 Å². The standard InChI is InChI=1S/C41H60O3/c1-8-10-33(9-2)34-17-20-38(21-18-34)42-23-24-43-41(26-32-13-11-31(7)12-14-32)44-39-22-19-35-27-37(16-15-36(35)28-39)40(30(5)6)25-29(3)4/h15-22,27-33,40-41H,8-14,23-26H2,1-7H3. The first-order valence-electron chi connectivity index (χ1n) is 17.8. The summed E-state index contributed by atoms with van der Waals surface area (Å²) in [5.74, 6) is 5.81. The molecule has 44 heavy (non-hydrogen) atoms. The van der Waals surface area contributed by atoms with E-state index >= 15 is 0 Å². The van der Waals surface area contributed by atoms with Crippen LogP contribution in [-0.4, -0.2) is 19.5 Å². The van der Waals surface area contributed by atoms with Crippen LogP contribution in [0.25, 0.3) is 10.8 Å². The van der Waals surface area contributed by atoms with Gasteiger partial charge in [0.1, 0.15) is 18.1 Å². The Morgan fingerprint density at radius 1 is 0.750 bits per heavy atom. The summed E-state index contributed by atoms with van der Waals surface area (Å²) in [5.41, 5.74) is 2.86. The first kappa shape index (κ1) is 34.4. The summed E-state index contributed by atoms with van der Waals surface area (Å²) in [7, 11) is 0. The van der Waals surface area contributed by atoms with Gasteiger partial charge in [-0.05, 0) is 114 Å². The summed E-state index contributed by atoms with van der Waals surface area (Å²) in [6.07, 6.45) is 10.6. The molecule has 3 nitrogen and oxygen atoms in total. The van der Waals surface area contributed by atoms with E-state index in [0.29, 0.717) is 42.8 Å². The number of rotatable bonds is 17. The van der Waals surface area contributed by atoms with Crippen LogP contribution in [-0.2, 0) is 4.74 Å². The van der Waals surface area contributed by atoms with Crippen molar-refractivity contribution in [3.05, 3.63) is 71.8 Å². The Hall–Kier alpha value is -2.52. The minimum absolute atomic E-state index is 0.271. The molecule has 0 saturated heterocycles. The van der Waals surface area contributed by atoms with Gasteiger partial charge in [0.15, 0.2) is 6.29 Å². The third-order valence-electron chi connectivity index (χ3n) is 9.86. The lowest BCUT2D eigenvalue weighted by Crippen LogP contribution is -2.27. The number of benzene rings is 3. The minimum Gasteiger partial charge on any atom is -0.491 e. The van der Waals surface area contributed by atoms with E-state index in [1.54, 1.807) is 0 Å². The molecule has 242 valence electrons. The molecule has 3 aromatic rings. The van der Waals surface area contributed by atoms with Crippen LogP contribution in [0.15, 0.2) is 60.7 Å². The summed E-state index contributed by atoms with van der Waals surface area (Å²) >= 11 is 0. The summed E-state index contributed by atoms with van der Waals surface area (Å²) in [4.78, 5) is 0. The number of fused-ring (bicyclic) bond motifs is 1. The Bertz CT molecular complexity index is 1240. The molecule has 0 aromatic heterocycles. The minimum atomic E-state index is -0.271. The molecule has 3 atom stereocenters. The predicted octanol–water partition coefficient (Wildman–Crippen LogP) is 11.9. The molecule has 4 rings (SSSR count). The van der Waals surface area contributed by atoms with Crippen molar-refractivity contribution in [2.45, 2.75) is 124 Å². The fourth-order valence-corrected chi connectivity index (χ4v) is 7.12. The summed E-state index contributed by atoms with van der Waals surface area (Å²) < 4.78 is 19.0. The molecular formula is C41H60O3. The van der Waals surface area contributed by atoms with Gasteiger partial charge in [0.05, 0.1) is 6.61 Å². The lowest BCUT2D eigenvalue weighted by molar-refractivity contribution is -0.101. The smallest absolute Gasteiger partial charge is 0.200 e. The molecule has 1 aliphatic rings. The van der Waals surface area contributed by atoms with Gasteiger partial charge >= 0.3 is 0 Å². The van der Waals surface area contributed by atoms with Crippen LogP contribution >= 0.6 is 0 Å². The molecule has 0 radical (unpaired) electrons. The first-order chi connectivity index (χ1) is 21.2. The van der Waals surface area contributed by atoms with Gasteiger partial charge in [-0.15, -0.1) is 0 Å². The van der Waals surface area contributed by atoms with Crippen molar-refractivity contribution in [1.29, 1.82) is 0 Å². The maximum absolute atomic E-state index is 6.57. The lowest BCUT2D eigenvalue weighted by Gasteiger charge is -2.29. The Balaban J connectivity index is 1.39. The van der Waals surface area contributed by atoms with Crippen LogP contribution in [0.2, 0.25) is 0 Å². The molecule has 0 N–H and O–H groups in total. The predicted molar refractivity (Wildman–Crippen MR) is 187 cm³/mol. The van der Waals surface area contributed by atoms with E-state index in [0.717, 1.165) is 23.8 Å². The third kappa shape index (κ3) is 10.3. The molecule has 3 heteroatoms. The van der Waals surface area contributed by atoms with Crippen LogP contribution < -0.4 is 9.47 Å². The van der Waals surface area contributed by atoms with Crippen molar-refractivity contribution in [2.75, 3.05) is 13.2 Å². The van der Waals surface area contributed by atoms with E-state index in [-0.39, 0.29) is 6.29 Å². The highest BCUT2D eigenvalue weighted by atomic mass is 16.7. The van der Waals surface area contributed by atoms with Crippen LogP contribution in [0.1, 0.15) is 129 Å². The van der Waals surface area contributed by atoms with Gasteiger partial charge in [0.25, 0.3) is 0 Å². The maximum Gasteiger partial charge on any atom is 0.200 e. The van der Waals surface area contributed by atoms with E-state index in [9.17, 15) is 0 Å². The van der Waals surface area contributed by atoms with Gasteiger partial charge in [0.2, 0.25) is 0 Å². The first-order valence-corrected chi connectivity index (χ1v) is 17.8. The molecule has 0 bridgehead atoms. The second-order valence-electron chi connectivity index (χ2n) is 14.3. The molecule has 3 unspecified atom stereocenters. The zero-order valence-electron chi connectivity index (χ0n) is 28.8. The second-order valence-corrected chi connectivity index (χ2v) is 14.3. The molecule has 1 fully saturated rings. The molecule has 3 aromatic carbocycles. The monoisotopic (exact) mass is 600 g/mol. The third-order valence-corrected chi connectivity index (χ3v) is 9.86. The van der Waals surface area contributed by atoms with E-state index < -0.39 is 0 Å². The van der Waals surface area contributed by atoms with Crippen molar-refractivity contribution in [3.8, 4) is 11.5 Å². The Kier molecular flexibility index (Phi) is 13.5. The molecule has 0 amide bonds. The highest BCUT2D eigenvalue weighted by molar-refractivity contribution is 5.84. The fourth-order valence-electron chi connectivity index (χ4n) is 7.12. The normalized spacial score (nSPS) is 19.3. The van der Waals surface area contributed by atoms with Crippen LogP contribution in [0, 0.1) is 23.7 Å². The van der Waals surface area contributed by atoms with Crippen molar-refractivity contribution in [3.63, 3.8) is 0 Å². The van der Waals surface area contributed by atoms with Crippen LogP contribution in [0.4, 0.5) is 0 Å². The molecular weight excluding hydrogens is 540 g/mol. The van der Waals surface area contributed by atoms with Gasteiger partial charge in [-0.1, -0.05) is 104 Å². The number of ether oxygens (including phenoxy) is 3. The average Bonchev–Trinajstić information content (AvgIpc) is 3.01. The summed E-state index contributed by atoms with van der Waals surface area (Å²) in [6.45, 7) is 17.3. The molecule has 0 spiro atoms. The SMILES string of the molecule is CCCC(CC)c1ccc(OCCOC(CC2CCC(C)CC2)Oc2ccc3cc(C(CC(C)C)C(C)C)ccc3c2)cc1. The quantitative estimate of drug-likeness (QED) is 0.114. The molecule has 1 aliphatic carbocycles. The Morgan fingerprint density at radius 2 is 1.41 bits per heavy atom. The van der Waals surface area contributed by atoms with E-state index in [1.807, 2.05) is 0 Å². The van der Waals surface area contributed by atoms with Crippen LogP contribution in [0.3, 0.4) is 0 Å². The Morgan fingerprint density at radius 3 is 2.07 bits per heavy atom. The van der Waals surface area contributed by atoms with Gasteiger partial charge in [-0.25, -0.2) is 0 Å². The van der Waals surface area contributed by atoms with Crippen molar-refractivity contribution in [2.24, 2.45) is 23.7 Å². The highest BCUT2D eigenvalue weighted by Gasteiger charge is 2.24. The highest BCUT2D eigenvalue weighted by Crippen LogP contribution is 2.35. The Labute approximate surface area is 269 Å². The van der Waals surface area contributed by atoms with Crippen molar-refractivity contribution >= 4 is 10.8 Å². The molecule has 0 heterocycles. The topological polar surface area (TPSA) is 27.7 Å². The van der Waals surface area contributed by atoms with Gasteiger partial charge in [0, 0.05) is 6.42 Å². The summed E-state index contributed by atoms with van der Waals surface area (Å²) in [6, 6.07) is 22.2. The van der Waals surface area contributed by atoms with E-state index in [1.165, 1.54) is 73.3 Å². The van der Waals surface area contributed by atoms with E-state index in [2.05, 4.69) is 109 Å². The number of hydrogen-bond donors (Lipinski definition) is 0. The van der Waals surface area contributed by atoms with Crippen LogP contribution in [0.5, 0.6) is 11.5 Å². The molecule has 0 aliphatic heterocycles. The number of hydrogen-bond acceptors (Lipinski definition) is 3. The fraction of sp³-hybridized carbons (Fsp3) is 0.610. The molecule has 1 saturated carbocycles.